The van der Waals surface area contributed by atoms with Crippen LogP contribution in [-0.2, 0) is 0 Å². The summed E-state index contributed by atoms with van der Waals surface area (Å²) in [6.07, 6.45) is 1.69. The lowest BCUT2D eigenvalue weighted by Gasteiger charge is -2.10. The number of nitrogens with zero attached hydrogens (tertiary/aromatic N) is 1. The van der Waals surface area contributed by atoms with Crippen LogP contribution in [0.5, 0.6) is 0 Å². The molecule has 0 aromatic heterocycles. The number of hydrazone groups is 1. The van der Waals surface area contributed by atoms with E-state index in [1.54, 1.807) is 12.3 Å². The fourth-order valence-electron chi connectivity index (χ4n) is 1.01. The van der Waals surface area contributed by atoms with Gasteiger partial charge in [0.15, 0.2) is 0 Å². The highest BCUT2D eigenvalue weighted by atomic mass is 79.9. The lowest BCUT2D eigenvalue weighted by Crippen LogP contribution is -2.25. The van der Waals surface area contributed by atoms with Gasteiger partial charge >= 0.3 is 6.03 Å². The van der Waals surface area contributed by atoms with Crippen LogP contribution in [0.4, 0.5) is 10.5 Å². The molecule has 0 aliphatic heterocycles. The van der Waals surface area contributed by atoms with Crippen LogP contribution in [-0.4, -0.2) is 12.2 Å². The summed E-state index contributed by atoms with van der Waals surface area (Å²) >= 11 is 3.33. The van der Waals surface area contributed by atoms with Crippen LogP contribution in [0, 0.1) is 5.41 Å². The second-order valence-electron chi connectivity index (χ2n) is 4.70. The Morgan fingerprint density at radius 2 is 2.12 bits per heavy atom. The van der Waals surface area contributed by atoms with Crippen molar-refractivity contribution in [3.05, 3.63) is 28.7 Å². The van der Waals surface area contributed by atoms with E-state index in [2.05, 4.69) is 31.8 Å². The molecule has 92 valence electrons. The van der Waals surface area contributed by atoms with Gasteiger partial charge < -0.3 is 5.32 Å². The van der Waals surface area contributed by atoms with E-state index < -0.39 is 0 Å². The first-order valence-electron chi connectivity index (χ1n) is 5.23. The lowest BCUT2D eigenvalue weighted by molar-refractivity contribution is 0.252. The number of amides is 2. The fourth-order valence-corrected chi connectivity index (χ4v) is 1.41. The Kier molecular flexibility index (Phi) is 4.69. The Morgan fingerprint density at radius 1 is 1.41 bits per heavy atom. The van der Waals surface area contributed by atoms with Gasteiger partial charge in [0.2, 0.25) is 0 Å². The summed E-state index contributed by atoms with van der Waals surface area (Å²) in [5.41, 5.74) is 3.07. The van der Waals surface area contributed by atoms with Gasteiger partial charge in [-0.15, -0.1) is 0 Å². The van der Waals surface area contributed by atoms with Gasteiger partial charge in [0.1, 0.15) is 0 Å². The van der Waals surface area contributed by atoms with E-state index in [9.17, 15) is 4.79 Å². The van der Waals surface area contributed by atoms with Crippen molar-refractivity contribution >= 4 is 33.9 Å². The number of hydrogen-bond acceptors (Lipinski definition) is 2. The maximum absolute atomic E-state index is 11.5. The van der Waals surface area contributed by atoms with E-state index in [4.69, 9.17) is 0 Å². The minimum atomic E-state index is -0.358. The molecule has 5 heteroatoms. The molecule has 17 heavy (non-hydrogen) atoms. The number of urea groups is 1. The number of nitrogens with one attached hydrogen (secondary N) is 2. The summed E-state index contributed by atoms with van der Waals surface area (Å²) in [6, 6.07) is 6.99. The van der Waals surface area contributed by atoms with Gasteiger partial charge in [-0.1, -0.05) is 42.8 Å². The van der Waals surface area contributed by atoms with Gasteiger partial charge in [-0.05, 0) is 23.6 Å². The van der Waals surface area contributed by atoms with E-state index in [1.807, 2.05) is 39.0 Å². The first kappa shape index (κ1) is 13.7. The number of carbonyl (C=O) groups excluding carboxylic acids is 1. The molecule has 0 atom stereocenters. The maximum Gasteiger partial charge on any atom is 0.339 e. The van der Waals surface area contributed by atoms with Gasteiger partial charge in [-0.2, -0.15) is 5.10 Å². The summed E-state index contributed by atoms with van der Waals surface area (Å²) < 4.78 is 0.911. The molecule has 1 aromatic rings. The summed E-state index contributed by atoms with van der Waals surface area (Å²) in [7, 11) is 0. The zero-order chi connectivity index (χ0) is 12.9. The molecule has 0 heterocycles. The molecule has 1 rings (SSSR count). The Hall–Kier alpha value is -1.36. The minimum absolute atomic E-state index is 0.0525. The maximum atomic E-state index is 11.5. The van der Waals surface area contributed by atoms with Crippen LogP contribution in [0.2, 0.25) is 0 Å². The van der Waals surface area contributed by atoms with Crippen molar-refractivity contribution < 1.29 is 4.79 Å². The zero-order valence-corrected chi connectivity index (χ0v) is 11.7. The number of hydrogen-bond donors (Lipinski definition) is 2. The molecule has 0 unspecified atom stereocenters. The molecular weight excluding hydrogens is 282 g/mol. The van der Waals surface area contributed by atoms with E-state index in [0.717, 1.165) is 4.47 Å². The number of benzene rings is 1. The molecule has 0 aliphatic rings. The largest absolute Gasteiger partial charge is 0.339 e. The molecule has 2 amide bonds. The summed E-state index contributed by atoms with van der Waals surface area (Å²) in [5.74, 6) is 0. The van der Waals surface area contributed by atoms with Crippen LogP contribution in [0.1, 0.15) is 20.8 Å². The topological polar surface area (TPSA) is 53.5 Å². The normalized spacial score (nSPS) is 11.5. The smallest absolute Gasteiger partial charge is 0.306 e. The molecule has 0 radical (unpaired) electrons. The van der Waals surface area contributed by atoms with Crippen LogP contribution in [0.15, 0.2) is 33.8 Å². The molecule has 0 saturated carbocycles. The van der Waals surface area contributed by atoms with Crippen molar-refractivity contribution in [2.45, 2.75) is 20.8 Å². The Morgan fingerprint density at radius 3 is 2.71 bits per heavy atom. The van der Waals surface area contributed by atoms with Gasteiger partial charge in [-0.3, -0.25) is 0 Å². The Labute approximate surface area is 110 Å². The first-order chi connectivity index (χ1) is 7.87. The number of carbonyl (C=O) groups is 1. The van der Waals surface area contributed by atoms with Gasteiger partial charge in [0, 0.05) is 16.4 Å². The molecule has 2 N–H and O–H groups in total. The highest BCUT2D eigenvalue weighted by Crippen LogP contribution is 2.15. The summed E-state index contributed by atoms with van der Waals surface area (Å²) in [4.78, 5) is 11.5. The fraction of sp³-hybridized carbons (Fsp3) is 0.333. The van der Waals surface area contributed by atoms with Crippen LogP contribution in [0.25, 0.3) is 0 Å². The second kappa shape index (κ2) is 5.82. The monoisotopic (exact) mass is 297 g/mol. The average Bonchev–Trinajstić information content (AvgIpc) is 2.15. The molecule has 0 bridgehead atoms. The predicted molar refractivity (Wildman–Crippen MR) is 74.2 cm³/mol. The first-order valence-corrected chi connectivity index (χ1v) is 6.03. The molecular formula is C12H16BrN3O. The van der Waals surface area contributed by atoms with Crippen LogP contribution in [0.3, 0.4) is 0 Å². The molecule has 0 saturated heterocycles. The van der Waals surface area contributed by atoms with Crippen molar-refractivity contribution in [1.29, 1.82) is 0 Å². The zero-order valence-electron chi connectivity index (χ0n) is 10.1. The van der Waals surface area contributed by atoms with E-state index in [-0.39, 0.29) is 11.4 Å². The third kappa shape index (κ3) is 6.06. The highest BCUT2D eigenvalue weighted by Gasteiger charge is 2.05. The van der Waals surface area contributed by atoms with E-state index >= 15 is 0 Å². The average molecular weight is 298 g/mol. The van der Waals surface area contributed by atoms with Gasteiger partial charge in [-0.25, -0.2) is 10.2 Å². The summed E-state index contributed by atoms with van der Waals surface area (Å²) in [6.45, 7) is 6.01. The quantitative estimate of drug-likeness (QED) is 0.636. The highest BCUT2D eigenvalue weighted by molar-refractivity contribution is 9.10. The third-order valence-corrected chi connectivity index (χ3v) is 2.19. The third-order valence-electron chi connectivity index (χ3n) is 1.70. The lowest BCUT2D eigenvalue weighted by atomic mass is 9.99. The van der Waals surface area contributed by atoms with Gasteiger partial charge in [0.25, 0.3) is 0 Å². The van der Waals surface area contributed by atoms with E-state index in [0.29, 0.717) is 5.69 Å². The molecule has 0 spiro atoms. The predicted octanol–water partition coefficient (Wildman–Crippen LogP) is 3.60. The van der Waals surface area contributed by atoms with Crippen LogP contribution >= 0.6 is 15.9 Å². The second-order valence-corrected chi connectivity index (χ2v) is 5.62. The van der Waals surface area contributed by atoms with Crippen molar-refractivity contribution in [2.75, 3.05) is 5.32 Å². The van der Waals surface area contributed by atoms with Crippen molar-refractivity contribution in [2.24, 2.45) is 10.5 Å². The molecule has 4 nitrogen and oxygen atoms in total. The number of halogens is 1. The van der Waals surface area contributed by atoms with Crippen molar-refractivity contribution in [3.8, 4) is 0 Å². The number of anilines is 1. The van der Waals surface area contributed by atoms with E-state index in [1.165, 1.54) is 0 Å². The van der Waals surface area contributed by atoms with Crippen molar-refractivity contribution in [1.82, 2.24) is 5.43 Å². The standard InChI is InChI=1S/C12H16BrN3O/c1-12(2,3)8-14-16-11(17)15-10-6-4-5-9(13)7-10/h4-8H,1-3H3,(H2,15,16,17)/b14-8+. The van der Waals surface area contributed by atoms with Gasteiger partial charge in [0.05, 0.1) is 0 Å². The summed E-state index contributed by atoms with van der Waals surface area (Å²) in [5, 5.41) is 6.54. The Bertz CT molecular complexity index is 424. The Balaban J connectivity index is 2.48. The minimum Gasteiger partial charge on any atom is -0.306 e. The molecule has 1 aromatic carbocycles. The SMILES string of the molecule is CC(C)(C)/C=N/NC(=O)Nc1cccc(Br)c1. The number of rotatable bonds is 2. The van der Waals surface area contributed by atoms with Crippen molar-refractivity contribution in [3.63, 3.8) is 0 Å². The molecule has 0 fully saturated rings. The molecule has 0 aliphatic carbocycles. The van der Waals surface area contributed by atoms with Crippen LogP contribution < -0.4 is 10.7 Å².